The second kappa shape index (κ2) is 8.51. The minimum Gasteiger partial charge on any atom is -0.394 e. The van der Waals surface area contributed by atoms with E-state index >= 15 is 0 Å². The fourth-order valence-corrected chi connectivity index (χ4v) is 7.01. The molecule has 0 bridgehead atoms. The highest BCUT2D eigenvalue weighted by Gasteiger charge is 2.50. The number of aliphatic hydroxyl groups is 1. The van der Waals surface area contributed by atoms with E-state index < -0.39 is 21.9 Å². The number of hydrogen-bond donors (Lipinski definition) is 1. The van der Waals surface area contributed by atoms with Gasteiger partial charge in [-0.1, -0.05) is 18.2 Å². The molecule has 0 saturated carbocycles. The number of rotatable bonds is 4. The molecule has 1 N–H and O–H groups in total. The monoisotopic (exact) mass is 477 g/mol. The van der Waals surface area contributed by atoms with E-state index in [-0.39, 0.29) is 23.5 Å². The number of aliphatic hydroxyl groups excluding tert-OH is 1. The first-order chi connectivity index (χ1) is 16.3. The summed E-state index contributed by atoms with van der Waals surface area (Å²) in [5, 5.41) is 19.3. The Kier molecular flexibility index (Phi) is 5.64. The molecule has 5 rings (SSSR count). The number of likely N-dealkylation sites (N-methyl/N-ethyl adjacent to an activating group) is 1. The van der Waals surface area contributed by atoms with E-state index in [1.165, 1.54) is 16.4 Å². The molecule has 3 aromatic carbocycles. The lowest BCUT2D eigenvalue weighted by Crippen LogP contribution is -2.48. The van der Waals surface area contributed by atoms with Gasteiger partial charge in [-0.3, -0.25) is 0 Å². The lowest BCUT2D eigenvalue weighted by molar-refractivity contribution is 0.193. The van der Waals surface area contributed by atoms with Gasteiger partial charge in [0.25, 0.3) is 0 Å². The Morgan fingerprint density at radius 3 is 2.38 bits per heavy atom. The Morgan fingerprint density at radius 2 is 1.74 bits per heavy atom. The van der Waals surface area contributed by atoms with Crippen molar-refractivity contribution in [1.29, 1.82) is 5.26 Å². The molecule has 1 fully saturated rings. The molecule has 0 aromatic heterocycles. The van der Waals surface area contributed by atoms with Gasteiger partial charge < -0.3 is 10.0 Å². The molecule has 0 spiro atoms. The third-order valence-electron chi connectivity index (χ3n) is 7.07. The standard InChI is InChI=1S/C26H24FN3O3S/c1-29-24-11-6-19(18-4-2-17(15-28)3-5-18)14-23(24)26-22(25(29)16-31)12-13-30(26)34(32,33)21-9-7-20(27)8-10-21/h2-11,14,22,25-26,31H,12-13,16H2,1H3/t22-,25-,26-/m1/s1. The van der Waals surface area contributed by atoms with Gasteiger partial charge in [0.1, 0.15) is 5.82 Å². The summed E-state index contributed by atoms with van der Waals surface area (Å²) in [6, 6.07) is 19.6. The Balaban J connectivity index is 1.63. The predicted octanol–water partition coefficient (Wildman–Crippen LogP) is 3.93. The molecule has 3 atom stereocenters. The molecule has 174 valence electrons. The van der Waals surface area contributed by atoms with Crippen LogP contribution in [0.15, 0.2) is 71.6 Å². The van der Waals surface area contributed by atoms with Gasteiger partial charge in [-0.2, -0.15) is 9.57 Å². The summed E-state index contributed by atoms with van der Waals surface area (Å²) in [6.07, 6.45) is 0.612. The summed E-state index contributed by atoms with van der Waals surface area (Å²) in [7, 11) is -1.95. The number of sulfonamides is 1. The molecule has 3 aromatic rings. The van der Waals surface area contributed by atoms with E-state index in [0.717, 1.165) is 34.5 Å². The zero-order valence-corrected chi connectivity index (χ0v) is 19.4. The Hall–Kier alpha value is -3.25. The number of fused-ring (bicyclic) bond motifs is 3. The molecule has 0 radical (unpaired) electrons. The average molecular weight is 478 g/mol. The van der Waals surface area contributed by atoms with Crippen LogP contribution in [0.2, 0.25) is 0 Å². The lowest BCUT2D eigenvalue weighted by Gasteiger charge is -2.44. The maximum atomic E-state index is 13.6. The minimum absolute atomic E-state index is 0.0545. The maximum Gasteiger partial charge on any atom is 0.243 e. The summed E-state index contributed by atoms with van der Waals surface area (Å²) < 4.78 is 42.2. The van der Waals surface area contributed by atoms with E-state index in [0.29, 0.717) is 18.5 Å². The molecule has 2 aliphatic rings. The quantitative estimate of drug-likeness (QED) is 0.616. The number of halogens is 1. The minimum atomic E-state index is -3.87. The van der Waals surface area contributed by atoms with E-state index in [1.54, 1.807) is 12.1 Å². The van der Waals surface area contributed by atoms with Gasteiger partial charge in [0.15, 0.2) is 0 Å². The number of hydrogen-bond acceptors (Lipinski definition) is 5. The maximum absolute atomic E-state index is 13.6. The Morgan fingerprint density at radius 1 is 1.06 bits per heavy atom. The van der Waals surface area contributed by atoms with Crippen molar-refractivity contribution in [3.8, 4) is 17.2 Å². The second-order valence-electron chi connectivity index (χ2n) is 8.79. The highest BCUT2D eigenvalue weighted by Crippen LogP contribution is 2.51. The van der Waals surface area contributed by atoms with Crippen LogP contribution in [0.5, 0.6) is 0 Å². The van der Waals surface area contributed by atoms with Crippen molar-refractivity contribution in [3.63, 3.8) is 0 Å². The van der Waals surface area contributed by atoms with Gasteiger partial charge in [-0.05, 0) is 71.6 Å². The molecule has 0 amide bonds. The van der Waals surface area contributed by atoms with Crippen molar-refractivity contribution in [1.82, 2.24) is 4.31 Å². The van der Waals surface area contributed by atoms with Crippen LogP contribution in [-0.4, -0.2) is 44.1 Å². The van der Waals surface area contributed by atoms with Crippen LogP contribution < -0.4 is 4.90 Å². The zero-order chi connectivity index (χ0) is 24.0. The Labute approximate surface area is 198 Å². The zero-order valence-electron chi connectivity index (χ0n) is 18.6. The fraction of sp³-hybridized carbons (Fsp3) is 0.269. The van der Waals surface area contributed by atoms with Gasteiger partial charge in [-0.25, -0.2) is 12.8 Å². The molecule has 2 aliphatic heterocycles. The topological polar surface area (TPSA) is 84.6 Å². The summed E-state index contributed by atoms with van der Waals surface area (Å²) >= 11 is 0. The van der Waals surface area contributed by atoms with E-state index in [1.807, 2.05) is 42.3 Å². The molecular weight excluding hydrogens is 453 g/mol. The highest BCUT2D eigenvalue weighted by atomic mass is 32.2. The molecule has 8 heteroatoms. The summed E-state index contributed by atoms with van der Waals surface area (Å²) in [5.41, 5.74) is 4.17. The first-order valence-corrected chi connectivity index (χ1v) is 12.5. The van der Waals surface area contributed by atoms with Crippen LogP contribution in [0.3, 0.4) is 0 Å². The van der Waals surface area contributed by atoms with Crippen LogP contribution in [-0.2, 0) is 10.0 Å². The number of benzene rings is 3. The summed E-state index contributed by atoms with van der Waals surface area (Å²) in [4.78, 5) is 2.09. The second-order valence-corrected chi connectivity index (χ2v) is 10.7. The molecule has 0 unspecified atom stereocenters. The van der Waals surface area contributed by atoms with Gasteiger partial charge >= 0.3 is 0 Å². The molecule has 6 nitrogen and oxygen atoms in total. The summed E-state index contributed by atoms with van der Waals surface area (Å²) in [5.74, 6) is -0.579. The first-order valence-electron chi connectivity index (χ1n) is 11.1. The highest BCUT2D eigenvalue weighted by molar-refractivity contribution is 7.89. The van der Waals surface area contributed by atoms with Gasteiger partial charge in [0.05, 0.1) is 35.2 Å². The van der Waals surface area contributed by atoms with Crippen LogP contribution in [0.1, 0.15) is 23.6 Å². The first kappa shape index (κ1) is 22.5. The lowest BCUT2D eigenvalue weighted by atomic mass is 9.81. The van der Waals surface area contributed by atoms with Crippen LogP contribution in [0.25, 0.3) is 11.1 Å². The number of nitrogens with zero attached hydrogens (tertiary/aromatic N) is 3. The molecule has 34 heavy (non-hydrogen) atoms. The SMILES string of the molecule is CN1c2ccc(-c3ccc(C#N)cc3)cc2[C@H]2[C@H](CCN2S(=O)(=O)c2ccc(F)cc2)[C@H]1CO. The predicted molar refractivity (Wildman–Crippen MR) is 127 cm³/mol. The largest absolute Gasteiger partial charge is 0.394 e. The van der Waals surface area contributed by atoms with Crippen molar-refractivity contribution >= 4 is 15.7 Å². The third kappa shape index (κ3) is 3.57. The number of nitriles is 1. The molecular formula is C26H24FN3O3S. The van der Waals surface area contributed by atoms with Crippen molar-refractivity contribution in [2.75, 3.05) is 25.1 Å². The van der Waals surface area contributed by atoms with Gasteiger partial charge in [0.2, 0.25) is 10.0 Å². The summed E-state index contributed by atoms with van der Waals surface area (Å²) in [6.45, 7) is 0.235. The van der Waals surface area contributed by atoms with E-state index in [2.05, 4.69) is 6.07 Å². The Bertz CT molecular complexity index is 1370. The van der Waals surface area contributed by atoms with E-state index in [9.17, 15) is 17.9 Å². The average Bonchev–Trinajstić information content (AvgIpc) is 3.30. The van der Waals surface area contributed by atoms with Crippen molar-refractivity contribution in [2.24, 2.45) is 5.92 Å². The molecule has 1 saturated heterocycles. The fourth-order valence-electron chi connectivity index (χ4n) is 5.34. The van der Waals surface area contributed by atoms with Crippen LogP contribution in [0.4, 0.5) is 10.1 Å². The van der Waals surface area contributed by atoms with Crippen molar-refractivity contribution in [3.05, 3.63) is 83.7 Å². The van der Waals surface area contributed by atoms with Crippen molar-refractivity contribution < 1.29 is 17.9 Å². The van der Waals surface area contributed by atoms with Crippen LogP contribution in [0, 0.1) is 23.1 Å². The number of anilines is 1. The van der Waals surface area contributed by atoms with Crippen LogP contribution >= 0.6 is 0 Å². The smallest absolute Gasteiger partial charge is 0.243 e. The molecule has 2 heterocycles. The van der Waals surface area contributed by atoms with Crippen molar-refractivity contribution in [2.45, 2.75) is 23.4 Å². The molecule has 0 aliphatic carbocycles. The van der Waals surface area contributed by atoms with Gasteiger partial charge in [-0.15, -0.1) is 0 Å². The van der Waals surface area contributed by atoms with Gasteiger partial charge in [0, 0.05) is 25.2 Å². The third-order valence-corrected chi connectivity index (χ3v) is 8.97. The normalized spacial score (nSPS) is 22.2. The van der Waals surface area contributed by atoms with E-state index in [4.69, 9.17) is 5.26 Å².